The minimum atomic E-state index is -0.360. The lowest BCUT2D eigenvalue weighted by Gasteiger charge is -2.26. The van der Waals surface area contributed by atoms with Crippen LogP contribution in [0.5, 0.6) is 0 Å². The van der Waals surface area contributed by atoms with Gasteiger partial charge < -0.3 is 32.7 Å². The Morgan fingerprint density at radius 1 is 1.31 bits per heavy atom. The van der Waals surface area contributed by atoms with Gasteiger partial charge in [0, 0.05) is 56.8 Å². The summed E-state index contributed by atoms with van der Waals surface area (Å²) < 4.78 is 5.31. The summed E-state index contributed by atoms with van der Waals surface area (Å²) in [7, 11) is 0. The number of hydrogen-bond acceptors (Lipinski definition) is 6. The van der Waals surface area contributed by atoms with Gasteiger partial charge in [-0.2, -0.15) is 5.26 Å². The molecule has 0 radical (unpaired) electrons. The van der Waals surface area contributed by atoms with Crippen molar-refractivity contribution >= 4 is 17.3 Å². The number of carbonyl (C=O) groups is 1. The van der Waals surface area contributed by atoms with E-state index < -0.39 is 0 Å². The molecular weight excluding hydrogens is 390 g/mol. The highest BCUT2D eigenvalue weighted by Gasteiger charge is 2.12. The summed E-state index contributed by atoms with van der Waals surface area (Å²) in [5.74, 6) is -0.360. The van der Waals surface area contributed by atoms with E-state index in [4.69, 9.17) is 4.74 Å². The standard InChI is InChI=1S/C21H31N5O2.ClH/c1-4-26(5-2)19-6-7-20(17(3)14-19)24-16-18(15-22)21(27)23-8-9-25-10-12-28-13-11-25;/h6-7,14,16,24H,4-5,8-13H2,1-3H3,(H,23,27);1H/p-1/b18-16-;. The van der Waals surface area contributed by atoms with Gasteiger partial charge in [0.1, 0.15) is 11.6 Å². The number of nitrogens with one attached hydrogen (secondary N) is 2. The maximum absolute atomic E-state index is 12.3. The van der Waals surface area contributed by atoms with Crippen molar-refractivity contribution < 1.29 is 21.9 Å². The molecule has 0 bridgehead atoms. The summed E-state index contributed by atoms with van der Waals surface area (Å²) in [5, 5.41) is 15.2. The zero-order valence-corrected chi connectivity index (χ0v) is 18.3. The van der Waals surface area contributed by atoms with E-state index in [9.17, 15) is 10.1 Å². The summed E-state index contributed by atoms with van der Waals surface area (Å²) in [6.45, 7) is 12.6. The topological polar surface area (TPSA) is 80.6 Å². The Labute approximate surface area is 180 Å². The zero-order chi connectivity index (χ0) is 20.4. The van der Waals surface area contributed by atoms with Gasteiger partial charge in [0.15, 0.2) is 0 Å². The van der Waals surface area contributed by atoms with E-state index in [1.807, 2.05) is 25.1 Å². The summed E-state index contributed by atoms with van der Waals surface area (Å²) in [6, 6.07) is 8.10. The first-order valence-electron chi connectivity index (χ1n) is 9.89. The van der Waals surface area contributed by atoms with Gasteiger partial charge in [-0.25, -0.2) is 0 Å². The number of carbonyl (C=O) groups excluding carboxylic acids is 1. The van der Waals surface area contributed by atoms with E-state index in [1.54, 1.807) is 0 Å². The molecule has 1 aliphatic heterocycles. The van der Waals surface area contributed by atoms with Crippen molar-refractivity contribution in [3.05, 3.63) is 35.5 Å². The van der Waals surface area contributed by atoms with Crippen LogP contribution in [-0.2, 0) is 9.53 Å². The van der Waals surface area contributed by atoms with Gasteiger partial charge in [-0.3, -0.25) is 9.69 Å². The zero-order valence-electron chi connectivity index (χ0n) is 17.5. The van der Waals surface area contributed by atoms with Gasteiger partial charge in [0.25, 0.3) is 5.91 Å². The Morgan fingerprint density at radius 2 is 2.00 bits per heavy atom. The van der Waals surface area contributed by atoms with Crippen molar-refractivity contribution in [1.29, 1.82) is 5.26 Å². The highest BCUT2D eigenvalue weighted by Crippen LogP contribution is 2.22. The molecule has 7 nitrogen and oxygen atoms in total. The fourth-order valence-electron chi connectivity index (χ4n) is 3.14. The molecule has 1 aromatic carbocycles. The molecule has 2 rings (SSSR count). The summed E-state index contributed by atoms with van der Waals surface area (Å²) in [5.41, 5.74) is 3.17. The average molecular weight is 421 g/mol. The summed E-state index contributed by atoms with van der Waals surface area (Å²) in [4.78, 5) is 16.8. The van der Waals surface area contributed by atoms with Gasteiger partial charge in [-0.1, -0.05) is 0 Å². The van der Waals surface area contributed by atoms with Crippen LogP contribution in [0.1, 0.15) is 19.4 Å². The number of rotatable bonds is 9. The van der Waals surface area contributed by atoms with Crippen LogP contribution < -0.4 is 27.9 Å². The summed E-state index contributed by atoms with van der Waals surface area (Å²) >= 11 is 0. The van der Waals surface area contributed by atoms with Crippen LogP contribution in [0.2, 0.25) is 0 Å². The highest BCUT2D eigenvalue weighted by atomic mass is 35.5. The second-order valence-corrected chi connectivity index (χ2v) is 6.70. The third-order valence-electron chi connectivity index (χ3n) is 4.89. The van der Waals surface area contributed by atoms with Crippen molar-refractivity contribution in [3.8, 4) is 6.07 Å². The molecule has 0 spiro atoms. The quantitative estimate of drug-likeness (QED) is 0.398. The molecule has 1 aromatic rings. The molecule has 0 aliphatic carbocycles. The predicted molar refractivity (Wildman–Crippen MR) is 112 cm³/mol. The smallest absolute Gasteiger partial charge is 0.263 e. The maximum Gasteiger partial charge on any atom is 0.263 e. The van der Waals surface area contributed by atoms with Crippen molar-refractivity contribution in [1.82, 2.24) is 10.2 Å². The van der Waals surface area contributed by atoms with Crippen LogP contribution in [0.3, 0.4) is 0 Å². The fourth-order valence-corrected chi connectivity index (χ4v) is 3.14. The van der Waals surface area contributed by atoms with E-state index in [0.29, 0.717) is 6.54 Å². The van der Waals surface area contributed by atoms with Gasteiger partial charge in [0.2, 0.25) is 0 Å². The number of halogens is 1. The first kappa shape index (κ1) is 24.8. The molecule has 1 aliphatic rings. The van der Waals surface area contributed by atoms with E-state index in [2.05, 4.69) is 40.3 Å². The van der Waals surface area contributed by atoms with E-state index in [0.717, 1.165) is 57.2 Å². The molecule has 1 saturated heterocycles. The van der Waals surface area contributed by atoms with Crippen molar-refractivity contribution in [2.45, 2.75) is 20.8 Å². The molecule has 8 heteroatoms. The molecule has 0 saturated carbocycles. The third-order valence-corrected chi connectivity index (χ3v) is 4.89. The number of nitrogens with zero attached hydrogens (tertiary/aromatic N) is 3. The Kier molecular flexibility index (Phi) is 11.1. The monoisotopic (exact) mass is 420 g/mol. The fraction of sp³-hybridized carbons (Fsp3) is 0.524. The molecular formula is C21H31ClN5O2-. The molecule has 1 amide bonds. The van der Waals surface area contributed by atoms with E-state index in [1.165, 1.54) is 11.9 Å². The van der Waals surface area contributed by atoms with Crippen LogP contribution in [0.15, 0.2) is 30.0 Å². The number of morpholine rings is 1. The Morgan fingerprint density at radius 3 is 2.59 bits per heavy atom. The molecule has 0 unspecified atom stereocenters. The van der Waals surface area contributed by atoms with Crippen molar-refractivity contribution in [2.75, 3.05) is 62.7 Å². The number of anilines is 2. The lowest BCUT2D eigenvalue weighted by molar-refractivity contribution is -0.117. The Bertz CT molecular complexity index is 722. The average Bonchev–Trinajstić information content (AvgIpc) is 2.71. The first-order chi connectivity index (χ1) is 13.6. The first-order valence-corrected chi connectivity index (χ1v) is 9.89. The molecule has 1 fully saturated rings. The lowest BCUT2D eigenvalue weighted by Crippen LogP contribution is -3.00. The highest BCUT2D eigenvalue weighted by molar-refractivity contribution is 5.97. The second kappa shape index (κ2) is 13.0. The lowest BCUT2D eigenvalue weighted by atomic mass is 10.1. The molecule has 0 aromatic heterocycles. The number of ether oxygens (including phenoxy) is 1. The van der Waals surface area contributed by atoms with Crippen LogP contribution in [0, 0.1) is 18.3 Å². The van der Waals surface area contributed by atoms with E-state index >= 15 is 0 Å². The van der Waals surface area contributed by atoms with Crippen LogP contribution in [0.4, 0.5) is 11.4 Å². The predicted octanol–water partition coefficient (Wildman–Crippen LogP) is -0.887. The van der Waals surface area contributed by atoms with Crippen LogP contribution in [-0.4, -0.2) is 63.3 Å². The van der Waals surface area contributed by atoms with Crippen LogP contribution >= 0.6 is 0 Å². The number of amides is 1. The molecule has 2 N–H and O–H groups in total. The normalized spacial score (nSPS) is 14.5. The summed E-state index contributed by atoms with van der Waals surface area (Å²) in [6.07, 6.45) is 1.48. The second-order valence-electron chi connectivity index (χ2n) is 6.70. The SMILES string of the molecule is CCN(CC)c1ccc(N/C=C(/C#N)C(=O)NCCN2CCOCC2)c(C)c1.[Cl-]. The van der Waals surface area contributed by atoms with Crippen LogP contribution in [0.25, 0.3) is 0 Å². The minimum absolute atomic E-state index is 0. The Balaban J connectivity index is 0.00000420. The largest absolute Gasteiger partial charge is 1.00 e. The minimum Gasteiger partial charge on any atom is -1.00 e. The molecule has 1 heterocycles. The van der Waals surface area contributed by atoms with Gasteiger partial charge in [-0.05, 0) is 44.5 Å². The van der Waals surface area contributed by atoms with Crippen molar-refractivity contribution in [2.24, 2.45) is 0 Å². The third kappa shape index (κ3) is 7.58. The van der Waals surface area contributed by atoms with Gasteiger partial charge in [0.05, 0.1) is 13.2 Å². The van der Waals surface area contributed by atoms with E-state index in [-0.39, 0.29) is 23.9 Å². The molecule has 29 heavy (non-hydrogen) atoms. The molecule has 160 valence electrons. The van der Waals surface area contributed by atoms with Gasteiger partial charge in [-0.15, -0.1) is 0 Å². The maximum atomic E-state index is 12.3. The molecule has 0 atom stereocenters. The van der Waals surface area contributed by atoms with Gasteiger partial charge >= 0.3 is 0 Å². The number of nitriles is 1. The number of aryl methyl sites for hydroxylation is 1. The number of hydrogen-bond donors (Lipinski definition) is 2. The Hall–Kier alpha value is -2.27. The van der Waals surface area contributed by atoms with Crippen molar-refractivity contribution in [3.63, 3.8) is 0 Å². The number of benzene rings is 1.